The van der Waals surface area contributed by atoms with Crippen LogP contribution in [0, 0.1) is 0 Å². The Labute approximate surface area is 122 Å². The van der Waals surface area contributed by atoms with Gasteiger partial charge < -0.3 is 15.3 Å². The lowest BCUT2D eigenvalue weighted by Gasteiger charge is -2.30. The zero-order valence-corrected chi connectivity index (χ0v) is 12.3. The number of piperidine rings is 1. The molecule has 3 nitrogen and oxygen atoms in total. The van der Waals surface area contributed by atoms with Gasteiger partial charge in [0.2, 0.25) is 0 Å². The van der Waals surface area contributed by atoms with E-state index < -0.39 is 0 Å². The minimum Gasteiger partial charge on any atom is -0.508 e. The van der Waals surface area contributed by atoms with Crippen LogP contribution in [0.1, 0.15) is 49.3 Å². The van der Waals surface area contributed by atoms with Gasteiger partial charge in [-0.3, -0.25) is 0 Å². The quantitative estimate of drug-likeness (QED) is 0.886. The van der Waals surface area contributed by atoms with E-state index in [1.165, 1.54) is 62.9 Å². The zero-order chi connectivity index (χ0) is 13.8. The molecular formula is C17H26N2O. The molecule has 0 bridgehead atoms. The Kier molecular flexibility index (Phi) is 4.58. The summed E-state index contributed by atoms with van der Waals surface area (Å²) in [6, 6.07) is 6.34. The van der Waals surface area contributed by atoms with Crippen LogP contribution in [0.25, 0.3) is 0 Å². The first-order valence-corrected chi connectivity index (χ1v) is 8.10. The maximum atomic E-state index is 9.59. The predicted molar refractivity (Wildman–Crippen MR) is 82.1 cm³/mol. The molecule has 1 atom stereocenters. The maximum absolute atomic E-state index is 9.59. The van der Waals surface area contributed by atoms with Crippen LogP contribution in [0.4, 0.5) is 0 Å². The number of fused-ring (bicyclic) bond motifs is 1. The number of nitrogens with one attached hydrogen (secondary N) is 1. The fourth-order valence-corrected chi connectivity index (χ4v) is 3.59. The van der Waals surface area contributed by atoms with Crippen LogP contribution in [0.5, 0.6) is 5.75 Å². The number of phenols is 1. The Morgan fingerprint density at radius 2 is 2.00 bits per heavy atom. The van der Waals surface area contributed by atoms with Crippen LogP contribution >= 0.6 is 0 Å². The van der Waals surface area contributed by atoms with Crippen LogP contribution in [0.15, 0.2) is 18.2 Å². The Morgan fingerprint density at radius 1 is 1.15 bits per heavy atom. The second kappa shape index (κ2) is 6.59. The summed E-state index contributed by atoms with van der Waals surface area (Å²) >= 11 is 0. The Morgan fingerprint density at radius 3 is 2.85 bits per heavy atom. The number of likely N-dealkylation sites (tertiary alicyclic amines) is 1. The van der Waals surface area contributed by atoms with Crippen molar-refractivity contribution in [1.29, 1.82) is 0 Å². The number of rotatable bonds is 4. The SMILES string of the molecule is Oc1ccc2c(c1)CCCC2NCCN1CCCCC1. The molecule has 1 heterocycles. The van der Waals surface area contributed by atoms with Crippen molar-refractivity contribution in [3.05, 3.63) is 29.3 Å². The van der Waals surface area contributed by atoms with Crippen molar-refractivity contribution >= 4 is 0 Å². The van der Waals surface area contributed by atoms with Crippen LogP contribution in [0.3, 0.4) is 0 Å². The van der Waals surface area contributed by atoms with Gasteiger partial charge in [0.05, 0.1) is 0 Å². The summed E-state index contributed by atoms with van der Waals surface area (Å²) in [7, 11) is 0. The first kappa shape index (κ1) is 13.9. The fraction of sp³-hybridized carbons (Fsp3) is 0.647. The second-order valence-corrected chi connectivity index (χ2v) is 6.18. The van der Waals surface area contributed by atoms with Gasteiger partial charge in [-0.25, -0.2) is 0 Å². The molecule has 20 heavy (non-hydrogen) atoms. The van der Waals surface area contributed by atoms with Gasteiger partial charge >= 0.3 is 0 Å². The van der Waals surface area contributed by atoms with Crippen molar-refractivity contribution in [2.24, 2.45) is 0 Å². The number of aromatic hydroxyl groups is 1. The zero-order valence-electron chi connectivity index (χ0n) is 12.3. The molecule has 0 spiro atoms. The Hall–Kier alpha value is -1.06. The molecule has 1 saturated heterocycles. The van der Waals surface area contributed by atoms with E-state index in [9.17, 15) is 5.11 Å². The fourth-order valence-electron chi connectivity index (χ4n) is 3.59. The maximum Gasteiger partial charge on any atom is 0.115 e. The highest BCUT2D eigenvalue weighted by molar-refractivity contribution is 5.38. The summed E-state index contributed by atoms with van der Waals surface area (Å²) in [6.07, 6.45) is 7.68. The molecule has 1 aliphatic heterocycles. The van der Waals surface area contributed by atoms with E-state index in [0.717, 1.165) is 13.0 Å². The molecule has 3 rings (SSSR count). The number of nitrogens with zero attached hydrogens (tertiary/aromatic N) is 1. The molecule has 2 N–H and O–H groups in total. The van der Waals surface area contributed by atoms with Crippen LogP contribution in [0.2, 0.25) is 0 Å². The van der Waals surface area contributed by atoms with Gasteiger partial charge in [-0.1, -0.05) is 12.5 Å². The lowest BCUT2D eigenvalue weighted by atomic mass is 9.87. The second-order valence-electron chi connectivity index (χ2n) is 6.18. The van der Waals surface area contributed by atoms with Gasteiger partial charge in [-0.2, -0.15) is 0 Å². The van der Waals surface area contributed by atoms with Gasteiger partial charge in [0.1, 0.15) is 5.75 Å². The number of hydrogen-bond acceptors (Lipinski definition) is 3. The van der Waals surface area contributed by atoms with Gasteiger partial charge in [-0.15, -0.1) is 0 Å². The number of aryl methyl sites for hydroxylation is 1. The normalized spacial score (nSPS) is 23.5. The van der Waals surface area contributed by atoms with Gasteiger partial charge in [0.15, 0.2) is 0 Å². The van der Waals surface area contributed by atoms with E-state index in [2.05, 4.69) is 16.3 Å². The minimum absolute atomic E-state index is 0.401. The van der Waals surface area contributed by atoms with E-state index >= 15 is 0 Å². The van der Waals surface area contributed by atoms with Crippen LogP contribution in [-0.4, -0.2) is 36.2 Å². The van der Waals surface area contributed by atoms with Crippen molar-refractivity contribution in [1.82, 2.24) is 10.2 Å². The molecule has 1 fully saturated rings. The summed E-state index contributed by atoms with van der Waals surface area (Å²) < 4.78 is 0. The van der Waals surface area contributed by atoms with Crippen LogP contribution < -0.4 is 5.32 Å². The first-order valence-electron chi connectivity index (χ1n) is 8.10. The summed E-state index contributed by atoms with van der Waals surface area (Å²) in [5, 5.41) is 13.3. The van der Waals surface area contributed by atoms with Gasteiger partial charge in [0.25, 0.3) is 0 Å². The van der Waals surface area contributed by atoms with E-state index in [1.807, 2.05) is 12.1 Å². The van der Waals surface area contributed by atoms with Crippen molar-refractivity contribution in [3.63, 3.8) is 0 Å². The third kappa shape index (κ3) is 3.33. The van der Waals surface area contributed by atoms with Crippen molar-refractivity contribution in [3.8, 4) is 5.75 Å². The van der Waals surface area contributed by atoms with Crippen molar-refractivity contribution in [2.45, 2.75) is 44.6 Å². The molecule has 0 saturated carbocycles. The molecule has 1 aliphatic carbocycles. The standard InChI is InChI=1S/C17H26N2O/c20-15-7-8-16-14(13-15)5-4-6-17(16)18-9-12-19-10-2-1-3-11-19/h7-8,13,17-18,20H,1-6,9-12H2. The topological polar surface area (TPSA) is 35.5 Å². The number of hydrogen-bond donors (Lipinski definition) is 2. The Bertz CT molecular complexity index is 441. The van der Waals surface area contributed by atoms with E-state index in [-0.39, 0.29) is 0 Å². The average molecular weight is 274 g/mol. The van der Waals surface area contributed by atoms with E-state index in [1.54, 1.807) is 0 Å². The monoisotopic (exact) mass is 274 g/mol. The number of phenolic OH excluding ortho intramolecular Hbond substituents is 1. The molecule has 0 radical (unpaired) electrons. The molecule has 2 aliphatic rings. The molecule has 3 heteroatoms. The third-order valence-corrected chi connectivity index (χ3v) is 4.71. The minimum atomic E-state index is 0.401. The number of benzene rings is 1. The summed E-state index contributed by atoms with van der Waals surface area (Å²) in [6.45, 7) is 4.79. The lowest BCUT2D eigenvalue weighted by molar-refractivity contribution is 0.225. The third-order valence-electron chi connectivity index (χ3n) is 4.71. The highest BCUT2D eigenvalue weighted by atomic mass is 16.3. The van der Waals surface area contributed by atoms with Crippen molar-refractivity contribution < 1.29 is 5.11 Å². The highest BCUT2D eigenvalue weighted by Crippen LogP contribution is 2.31. The lowest BCUT2D eigenvalue weighted by Crippen LogP contribution is -2.37. The van der Waals surface area contributed by atoms with Crippen LogP contribution in [-0.2, 0) is 6.42 Å². The highest BCUT2D eigenvalue weighted by Gasteiger charge is 2.20. The predicted octanol–water partition coefficient (Wildman–Crippen LogP) is 2.85. The van der Waals surface area contributed by atoms with Gasteiger partial charge in [0, 0.05) is 19.1 Å². The molecule has 1 aromatic carbocycles. The summed E-state index contributed by atoms with van der Waals surface area (Å²) in [5.74, 6) is 0.401. The molecular weight excluding hydrogens is 248 g/mol. The van der Waals surface area contributed by atoms with Gasteiger partial charge in [-0.05, 0) is 68.5 Å². The summed E-state index contributed by atoms with van der Waals surface area (Å²) in [4.78, 5) is 2.58. The smallest absolute Gasteiger partial charge is 0.115 e. The molecule has 0 aromatic heterocycles. The molecule has 1 aromatic rings. The summed E-state index contributed by atoms with van der Waals surface area (Å²) in [5.41, 5.74) is 2.72. The van der Waals surface area contributed by atoms with Crippen molar-refractivity contribution in [2.75, 3.05) is 26.2 Å². The van der Waals surface area contributed by atoms with E-state index in [0.29, 0.717) is 11.8 Å². The molecule has 0 amide bonds. The average Bonchev–Trinajstić information content (AvgIpc) is 2.48. The molecule has 1 unspecified atom stereocenters. The largest absolute Gasteiger partial charge is 0.508 e. The van der Waals surface area contributed by atoms with E-state index in [4.69, 9.17) is 0 Å². The first-order chi connectivity index (χ1) is 9.83. The Balaban J connectivity index is 1.53. The molecule has 110 valence electrons.